The summed E-state index contributed by atoms with van der Waals surface area (Å²) in [5.41, 5.74) is 5.01. The highest BCUT2D eigenvalue weighted by atomic mass is 16.1. The number of aromatic nitrogens is 4. The van der Waals surface area contributed by atoms with Gasteiger partial charge in [-0.25, -0.2) is 4.98 Å². The van der Waals surface area contributed by atoms with Gasteiger partial charge in [0.15, 0.2) is 0 Å². The number of carbonyl (C=O) groups is 1. The molecule has 1 amide bonds. The number of amides is 1. The van der Waals surface area contributed by atoms with Gasteiger partial charge in [-0.2, -0.15) is 0 Å². The van der Waals surface area contributed by atoms with Gasteiger partial charge in [-0.15, -0.1) is 0 Å². The number of aryl methyl sites for hydroxylation is 1. The fourth-order valence-electron chi connectivity index (χ4n) is 4.77. The number of hydrogen-bond donors (Lipinski definition) is 3. The minimum atomic E-state index is -0.132. The second-order valence-corrected chi connectivity index (χ2v) is 8.87. The van der Waals surface area contributed by atoms with Gasteiger partial charge in [0.1, 0.15) is 11.5 Å². The summed E-state index contributed by atoms with van der Waals surface area (Å²) in [5, 5.41) is 6.87. The van der Waals surface area contributed by atoms with Crippen LogP contribution in [0.3, 0.4) is 0 Å². The summed E-state index contributed by atoms with van der Waals surface area (Å²) in [5.74, 6) is 0.848. The minimum absolute atomic E-state index is 0.132. The number of benzene rings is 1. The number of fused-ring (bicyclic) bond motifs is 2. The third-order valence-electron chi connectivity index (χ3n) is 6.42. The summed E-state index contributed by atoms with van der Waals surface area (Å²) in [4.78, 5) is 29.4. The van der Waals surface area contributed by atoms with Gasteiger partial charge in [0.25, 0.3) is 5.91 Å². The molecule has 0 radical (unpaired) electrons. The van der Waals surface area contributed by atoms with Crippen LogP contribution in [0.5, 0.6) is 0 Å². The first-order valence-electron chi connectivity index (χ1n) is 12.1. The number of pyridine rings is 2. The van der Waals surface area contributed by atoms with Gasteiger partial charge in [-0.1, -0.05) is 24.3 Å². The third kappa shape index (κ3) is 5.31. The topological polar surface area (TPSA) is 95.6 Å². The van der Waals surface area contributed by atoms with E-state index in [1.54, 1.807) is 12.3 Å². The molecule has 3 aromatic heterocycles. The van der Waals surface area contributed by atoms with Crippen molar-refractivity contribution in [3.05, 3.63) is 89.8 Å². The number of carbonyl (C=O) groups excluding carboxylic acids is 1. The molecular weight excluding hydrogens is 424 g/mol. The minimum Gasteiger partial charge on any atom is -0.351 e. The summed E-state index contributed by atoms with van der Waals surface area (Å²) in [6.07, 6.45) is 9.43. The van der Waals surface area contributed by atoms with E-state index in [0.29, 0.717) is 12.2 Å². The van der Waals surface area contributed by atoms with Crippen LogP contribution in [0, 0.1) is 0 Å². The van der Waals surface area contributed by atoms with E-state index in [4.69, 9.17) is 9.97 Å². The molecule has 174 valence electrons. The monoisotopic (exact) mass is 454 g/mol. The highest BCUT2D eigenvalue weighted by Crippen LogP contribution is 2.29. The Labute approximate surface area is 199 Å². The van der Waals surface area contributed by atoms with Crippen LogP contribution in [0.4, 0.5) is 0 Å². The predicted octanol–water partition coefficient (Wildman–Crippen LogP) is 4.14. The Kier molecular flexibility index (Phi) is 6.91. The lowest BCUT2D eigenvalue weighted by Crippen LogP contribution is -2.37. The Morgan fingerprint density at radius 2 is 1.94 bits per heavy atom. The number of H-pyrrole nitrogens is 1. The summed E-state index contributed by atoms with van der Waals surface area (Å²) in [6, 6.07) is 18.2. The molecule has 0 aliphatic heterocycles. The first-order chi connectivity index (χ1) is 16.8. The molecule has 3 N–H and O–H groups in total. The average Bonchev–Trinajstić information content (AvgIpc) is 3.29. The third-order valence-corrected chi connectivity index (χ3v) is 6.42. The van der Waals surface area contributed by atoms with Gasteiger partial charge in [-0.05, 0) is 68.0 Å². The second-order valence-electron chi connectivity index (χ2n) is 8.87. The molecule has 0 saturated heterocycles. The number of nitrogens with one attached hydrogen (secondary N) is 3. The number of aromatic amines is 1. The molecule has 0 fully saturated rings. The van der Waals surface area contributed by atoms with E-state index < -0.39 is 0 Å². The maximum absolute atomic E-state index is 12.3. The highest BCUT2D eigenvalue weighted by Gasteiger charge is 2.24. The number of hydrogen-bond acceptors (Lipinski definition) is 5. The largest absolute Gasteiger partial charge is 0.351 e. The van der Waals surface area contributed by atoms with Crippen molar-refractivity contribution in [2.24, 2.45) is 0 Å². The van der Waals surface area contributed by atoms with E-state index in [1.807, 2.05) is 42.6 Å². The maximum Gasteiger partial charge on any atom is 0.269 e. The van der Waals surface area contributed by atoms with Crippen LogP contribution in [0.2, 0.25) is 0 Å². The molecule has 0 spiro atoms. The molecule has 2 atom stereocenters. The van der Waals surface area contributed by atoms with Crippen LogP contribution >= 0.6 is 0 Å². The van der Waals surface area contributed by atoms with Gasteiger partial charge in [0.2, 0.25) is 0 Å². The molecular formula is C27H30N6O. The number of para-hydroxylation sites is 2. The Balaban J connectivity index is 1.25. The molecule has 1 aromatic carbocycles. The lowest BCUT2D eigenvalue weighted by atomic mass is 9.91. The van der Waals surface area contributed by atoms with Crippen LogP contribution in [-0.2, 0) is 12.8 Å². The van der Waals surface area contributed by atoms with Crippen molar-refractivity contribution in [2.45, 2.75) is 50.6 Å². The summed E-state index contributed by atoms with van der Waals surface area (Å²) >= 11 is 0. The SMILES string of the molecule is O=C(NCCCC(Cc1nc2ccccc2[nH]1)NC1CCCc2cccnc21)c1ccccn1. The predicted molar refractivity (Wildman–Crippen MR) is 132 cm³/mol. The van der Waals surface area contributed by atoms with E-state index in [9.17, 15) is 4.79 Å². The van der Waals surface area contributed by atoms with Crippen LogP contribution in [0.15, 0.2) is 67.0 Å². The molecule has 1 aliphatic carbocycles. The molecule has 1 aliphatic rings. The first-order valence-corrected chi connectivity index (χ1v) is 12.1. The zero-order valence-corrected chi connectivity index (χ0v) is 19.2. The molecule has 4 aromatic rings. The highest BCUT2D eigenvalue weighted by molar-refractivity contribution is 5.92. The Hall–Kier alpha value is -3.58. The Morgan fingerprint density at radius 3 is 2.82 bits per heavy atom. The van der Waals surface area contributed by atoms with E-state index in [-0.39, 0.29) is 18.0 Å². The first kappa shape index (κ1) is 22.2. The molecule has 3 heterocycles. The van der Waals surface area contributed by atoms with Gasteiger partial charge < -0.3 is 15.6 Å². The molecule has 34 heavy (non-hydrogen) atoms. The smallest absolute Gasteiger partial charge is 0.269 e. The number of nitrogens with zero attached hydrogens (tertiary/aromatic N) is 3. The lowest BCUT2D eigenvalue weighted by Gasteiger charge is -2.29. The molecule has 0 bridgehead atoms. The summed E-state index contributed by atoms with van der Waals surface area (Å²) in [7, 11) is 0. The molecule has 5 rings (SSSR count). The fourth-order valence-corrected chi connectivity index (χ4v) is 4.77. The number of imidazole rings is 1. The normalized spacial score (nSPS) is 16.2. The van der Waals surface area contributed by atoms with Crippen molar-refractivity contribution in [2.75, 3.05) is 6.54 Å². The van der Waals surface area contributed by atoms with Crippen LogP contribution in [-0.4, -0.2) is 38.4 Å². The van der Waals surface area contributed by atoms with Crippen molar-refractivity contribution in [3.8, 4) is 0 Å². The van der Waals surface area contributed by atoms with Gasteiger partial charge in [0, 0.05) is 37.4 Å². The van der Waals surface area contributed by atoms with E-state index >= 15 is 0 Å². The molecule has 0 saturated carbocycles. The van der Waals surface area contributed by atoms with Gasteiger partial charge in [0.05, 0.1) is 16.7 Å². The van der Waals surface area contributed by atoms with Crippen LogP contribution < -0.4 is 10.6 Å². The summed E-state index contributed by atoms with van der Waals surface area (Å²) in [6.45, 7) is 0.604. The quantitative estimate of drug-likeness (QED) is 0.330. The average molecular weight is 455 g/mol. The maximum atomic E-state index is 12.3. The zero-order chi connectivity index (χ0) is 23.2. The fraction of sp³-hybridized carbons (Fsp3) is 0.333. The molecule has 2 unspecified atom stereocenters. The summed E-state index contributed by atoms with van der Waals surface area (Å²) < 4.78 is 0. The van der Waals surface area contributed by atoms with Crippen molar-refractivity contribution >= 4 is 16.9 Å². The van der Waals surface area contributed by atoms with E-state index in [1.165, 1.54) is 11.3 Å². The van der Waals surface area contributed by atoms with Gasteiger partial charge in [-0.3, -0.25) is 14.8 Å². The molecule has 7 nitrogen and oxygen atoms in total. The van der Waals surface area contributed by atoms with Crippen LogP contribution in [0.25, 0.3) is 11.0 Å². The lowest BCUT2D eigenvalue weighted by molar-refractivity contribution is 0.0947. The van der Waals surface area contributed by atoms with Crippen LogP contribution in [0.1, 0.15) is 59.3 Å². The van der Waals surface area contributed by atoms with Crippen molar-refractivity contribution in [1.29, 1.82) is 0 Å². The van der Waals surface area contributed by atoms with E-state index in [0.717, 1.165) is 55.4 Å². The second kappa shape index (κ2) is 10.6. The van der Waals surface area contributed by atoms with Crippen molar-refractivity contribution in [3.63, 3.8) is 0 Å². The van der Waals surface area contributed by atoms with Gasteiger partial charge >= 0.3 is 0 Å². The Morgan fingerprint density at radius 1 is 1.06 bits per heavy atom. The van der Waals surface area contributed by atoms with Crippen molar-refractivity contribution < 1.29 is 4.79 Å². The zero-order valence-electron chi connectivity index (χ0n) is 19.2. The standard InChI is InChI=1S/C27H30N6O/c34-27(24-13-3-4-15-28-24)30-17-7-10-20(18-25-32-21-11-1-2-12-22(21)33-25)31-23-14-5-8-19-9-6-16-29-26(19)23/h1-4,6,9,11-13,15-16,20,23,31H,5,7-8,10,14,17-18H2,(H,30,34)(H,32,33). The van der Waals surface area contributed by atoms with Crippen molar-refractivity contribution in [1.82, 2.24) is 30.6 Å². The Bertz CT molecular complexity index is 1210. The van der Waals surface area contributed by atoms with E-state index in [2.05, 4.69) is 32.7 Å². The number of rotatable bonds is 9. The molecule has 7 heteroatoms.